The maximum atomic E-state index is 9.81. The molecule has 1 aromatic heterocycles. The molecule has 0 amide bonds. The van der Waals surface area contributed by atoms with Crippen molar-refractivity contribution in [2.24, 2.45) is 0 Å². The second-order valence-electron chi connectivity index (χ2n) is 4.98. The summed E-state index contributed by atoms with van der Waals surface area (Å²) < 4.78 is 6.42. The molecule has 0 aliphatic heterocycles. The van der Waals surface area contributed by atoms with E-state index in [-0.39, 0.29) is 12.4 Å². The molecule has 0 aliphatic carbocycles. The number of aliphatic hydroxyl groups is 1. The number of benzene rings is 2. The summed E-state index contributed by atoms with van der Waals surface area (Å²) in [7, 11) is 1.55. The van der Waals surface area contributed by atoms with Gasteiger partial charge in [-0.3, -0.25) is 0 Å². The Bertz CT molecular complexity index is 895. The van der Waals surface area contributed by atoms with Gasteiger partial charge in [0.2, 0.25) is 0 Å². The summed E-state index contributed by atoms with van der Waals surface area (Å²) in [6.07, 6.45) is 1.45. The third-order valence-electron chi connectivity index (χ3n) is 3.49. The zero-order valence-electron chi connectivity index (χ0n) is 12.5. The summed E-state index contributed by atoms with van der Waals surface area (Å²) in [6, 6.07) is 7.04. The molecular weight excluding hydrogens is 442 g/mol. The highest BCUT2D eigenvalue weighted by atomic mass is 79.9. The van der Waals surface area contributed by atoms with Gasteiger partial charge in [-0.1, -0.05) is 0 Å². The van der Waals surface area contributed by atoms with Crippen LogP contribution in [0.3, 0.4) is 0 Å². The van der Waals surface area contributed by atoms with E-state index in [1.54, 1.807) is 31.4 Å². The Balaban J connectivity index is 2.09. The molecule has 0 radical (unpaired) electrons. The Hall–Kier alpha value is -1.90. The van der Waals surface area contributed by atoms with Gasteiger partial charge in [0.1, 0.15) is 23.6 Å². The minimum Gasteiger partial charge on any atom is -0.506 e. The van der Waals surface area contributed by atoms with Gasteiger partial charge < -0.3 is 20.3 Å². The number of aliphatic hydroxyl groups excluding tert-OH is 1. The van der Waals surface area contributed by atoms with Crippen molar-refractivity contribution in [2.75, 3.05) is 12.4 Å². The second kappa shape index (κ2) is 6.92. The zero-order valence-corrected chi connectivity index (χ0v) is 15.7. The number of aromatic hydroxyl groups is 1. The molecule has 0 atom stereocenters. The van der Waals surface area contributed by atoms with E-state index >= 15 is 0 Å². The molecule has 3 aromatic rings. The van der Waals surface area contributed by atoms with E-state index in [0.717, 1.165) is 11.1 Å². The number of nitrogens with one attached hydrogen (secondary N) is 1. The number of hydrogen-bond donors (Lipinski definition) is 3. The first-order valence-electron chi connectivity index (χ1n) is 6.91. The van der Waals surface area contributed by atoms with Crippen LogP contribution >= 0.6 is 31.9 Å². The van der Waals surface area contributed by atoms with Crippen LogP contribution in [-0.2, 0) is 6.61 Å². The molecule has 0 unspecified atom stereocenters. The molecule has 0 spiro atoms. The van der Waals surface area contributed by atoms with E-state index in [9.17, 15) is 10.2 Å². The third kappa shape index (κ3) is 3.17. The molecule has 124 valence electrons. The fourth-order valence-electron chi connectivity index (χ4n) is 2.31. The summed E-state index contributed by atoms with van der Waals surface area (Å²) in [4.78, 5) is 8.52. The third-order valence-corrected chi connectivity index (χ3v) is 4.70. The lowest BCUT2D eigenvalue weighted by Gasteiger charge is -2.12. The van der Waals surface area contributed by atoms with Crippen LogP contribution in [0.4, 0.5) is 11.5 Å². The summed E-state index contributed by atoms with van der Waals surface area (Å²) in [6.45, 7) is -0.135. The molecule has 1 heterocycles. The van der Waals surface area contributed by atoms with Gasteiger partial charge in [0.25, 0.3) is 0 Å². The highest BCUT2D eigenvalue weighted by molar-refractivity contribution is 9.11. The fraction of sp³-hybridized carbons (Fsp3) is 0.125. The lowest BCUT2D eigenvalue weighted by atomic mass is 10.1. The van der Waals surface area contributed by atoms with Gasteiger partial charge in [-0.25, -0.2) is 9.97 Å². The van der Waals surface area contributed by atoms with Crippen LogP contribution in [-0.4, -0.2) is 27.3 Å². The number of nitrogens with zero attached hydrogens (tertiary/aromatic N) is 2. The first-order chi connectivity index (χ1) is 11.5. The van der Waals surface area contributed by atoms with Crippen molar-refractivity contribution >= 4 is 54.3 Å². The molecule has 0 saturated carbocycles. The average molecular weight is 455 g/mol. The number of phenolic OH excluding ortho intramolecular Hbond substituents is 1. The van der Waals surface area contributed by atoms with Crippen LogP contribution < -0.4 is 10.1 Å². The first kappa shape index (κ1) is 16.9. The molecule has 24 heavy (non-hydrogen) atoms. The number of fused-ring (bicyclic) bond motifs is 1. The number of phenols is 1. The number of rotatable bonds is 4. The number of hydrogen-bond acceptors (Lipinski definition) is 6. The fourth-order valence-corrected chi connectivity index (χ4v) is 3.50. The first-order valence-corrected chi connectivity index (χ1v) is 8.49. The summed E-state index contributed by atoms with van der Waals surface area (Å²) in [5.41, 5.74) is 2.08. The molecular formula is C16H13Br2N3O3. The van der Waals surface area contributed by atoms with Gasteiger partial charge >= 0.3 is 0 Å². The van der Waals surface area contributed by atoms with Crippen LogP contribution in [0.25, 0.3) is 10.9 Å². The molecule has 2 aromatic carbocycles. The molecule has 0 aliphatic rings. The maximum absolute atomic E-state index is 9.81. The van der Waals surface area contributed by atoms with E-state index in [1.165, 1.54) is 6.33 Å². The Labute approximate surface area is 154 Å². The van der Waals surface area contributed by atoms with Gasteiger partial charge in [-0.2, -0.15) is 0 Å². The summed E-state index contributed by atoms with van der Waals surface area (Å²) in [5, 5.41) is 23.2. The Morgan fingerprint density at radius 2 is 1.83 bits per heavy atom. The van der Waals surface area contributed by atoms with Crippen molar-refractivity contribution in [3.05, 3.63) is 45.1 Å². The Morgan fingerprint density at radius 3 is 2.46 bits per heavy atom. The van der Waals surface area contributed by atoms with E-state index < -0.39 is 0 Å². The van der Waals surface area contributed by atoms with E-state index in [0.29, 0.717) is 31.6 Å². The number of anilines is 2. The Morgan fingerprint density at radius 1 is 1.12 bits per heavy atom. The largest absolute Gasteiger partial charge is 0.506 e. The van der Waals surface area contributed by atoms with Crippen LogP contribution in [0.5, 0.6) is 11.5 Å². The second-order valence-corrected chi connectivity index (χ2v) is 6.68. The lowest BCUT2D eigenvalue weighted by Crippen LogP contribution is -1.99. The van der Waals surface area contributed by atoms with Crippen LogP contribution in [0.2, 0.25) is 0 Å². The van der Waals surface area contributed by atoms with Crippen molar-refractivity contribution in [1.29, 1.82) is 0 Å². The maximum Gasteiger partial charge on any atom is 0.144 e. The highest BCUT2D eigenvalue weighted by Crippen LogP contribution is 2.37. The minimum atomic E-state index is -0.135. The van der Waals surface area contributed by atoms with Crippen LogP contribution in [0.1, 0.15) is 5.56 Å². The van der Waals surface area contributed by atoms with Gasteiger partial charge in [-0.15, -0.1) is 0 Å². The van der Waals surface area contributed by atoms with Crippen molar-refractivity contribution in [3.8, 4) is 11.5 Å². The molecule has 0 saturated heterocycles. The number of ether oxygens (including phenoxy) is 1. The van der Waals surface area contributed by atoms with Crippen LogP contribution in [0, 0.1) is 0 Å². The molecule has 8 heteroatoms. The molecule has 0 bridgehead atoms. The summed E-state index contributed by atoms with van der Waals surface area (Å²) >= 11 is 6.60. The normalized spacial score (nSPS) is 10.8. The van der Waals surface area contributed by atoms with Crippen LogP contribution in [0.15, 0.2) is 39.5 Å². The van der Waals surface area contributed by atoms with Gasteiger partial charge in [0, 0.05) is 16.6 Å². The SMILES string of the molecule is COc1cc2c(Nc3cc(Br)c(O)c(Br)c3)ncnc2cc1CO. The minimum absolute atomic E-state index is 0.127. The Kier molecular flexibility index (Phi) is 4.88. The standard InChI is InChI=1S/C16H13Br2N3O3/c1-24-14-5-10-13(2-8(14)6-22)19-7-20-16(10)21-9-3-11(17)15(23)12(18)4-9/h2-5,7,22-23H,6H2,1H3,(H,19,20,21). The van der Waals surface area contributed by atoms with Crippen molar-refractivity contribution < 1.29 is 14.9 Å². The highest BCUT2D eigenvalue weighted by Gasteiger charge is 2.12. The predicted molar refractivity (Wildman–Crippen MR) is 98.8 cm³/mol. The predicted octanol–water partition coefficient (Wildman–Crippen LogP) is 4.10. The quantitative estimate of drug-likeness (QED) is 0.514. The average Bonchev–Trinajstić information content (AvgIpc) is 2.58. The number of methoxy groups -OCH3 is 1. The van der Waals surface area contributed by atoms with Gasteiger partial charge in [0.15, 0.2) is 0 Å². The van der Waals surface area contributed by atoms with Crippen molar-refractivity contribution in [1.82, 2.24) is 9.97 Å². The smallest absolute Gasteiger partial charge is 0.144 e. The van der Waals surface area contributed by atoms with Crippen molar-refractivity contribution in [2.45, 2.75) is 6.61 Å². The number of aromatic nitrogens is 2. The van der Waals surface area contributed by atoms with Gasteiger partial charge in [-0.05, 0) is 56.1 Å². The topological polar surface area (TPSA) is 87.5 Å². The molecule has 3 N–H and O–H groups in total. The van der Waals surface area contributed by atoms with E-state index in [4.69, 9.17) is 4.74 Å². The van der Waals surface area contributed by atoms with Crippen molar-refractivity contribution in [3.63, 3.8) is 0 Å². The lowest BCUT2D eigenvalue weighted by molar-refractivity contribution is 0.274. The molecule has 3 rings (SSSR count). The number of halogens is 2. The van der Waals surface area contributed by atoms with Gasteiger partial charge in [0.05, 0.1) is 28.2 Å². The summed E-state index contributed by atoms with van der Waals surface area (Å²) in [5.74, 6) is 1.28. The molecule has 6 nitrogen and oxygen atoms in total. The zero-order chi connectivity index (χ0) is 17.3. The van der Waals surface area contributed by atoms with E-state index in [1.807, 2.05) is 0 Å². The molecule has 0 fully saturated rings. The van der Waals surface area contributed by atoms with E-state index in [2.05, 4.69) is 47.1 Å². The monoisotopic (exact) mass is 453 g/mol.